The fourth-order valence-electron chi connectivity index (χ4n) is 0.948. The summed E-state index contributed by atoms with van der Waals surface area (Å²) in [6.45, 7) is 0. The van der Waals surface area contributed by atoms with Gasteiger partial charge < -0.3 is 10.2 Å². The van der Waals surface area contributed by atoms with Gasteiger partial charge in [-0.15, -0.1) is 5.10 Å². The van der Waals surface area contributed by atoms with Crippen LogP contribution in [0.3, 0.4) is 0 Å². The third kappa shape index (κ3) is 1.62. The van der Waals surface area contributed by atoms with E-state index in [1.165, 1.54) is 0 Å². The van der Waals surface area contributed by atoms with Gasteiger partial charge in [-0.05, 0) is 35.9 Å². The zero-order valence-electron chi connectivity index (χ0n) is 6.57. The number of nitrogens with zero attached hydrogens (tertiary/aromatic N) is 2. The minimum Gasteiger partial charge on any atom is -0.407 e. The highest BCUT2D eigenvalue weighted by atomic mass is 35.5. The number of hydrogen-bond acceptors (Lipinski definition) is 4. The number of halogens is 1. The third-order valence-electron chi connectivity index (χ3n) is 1.56. The first kappa shape index (κ1) is 8.07. The molecule has 1 heterocycles. The predicted molar refractivity (Wildman–Crippen MR) is 49.2 cm³/mol. The van der Waals surface area contributed by atoms with Crippen molar-refractivity contribution in [1.29, 1.82) is 0 Å². The summed E-state index contributed by atoms with van der Waals surface area (Å²) in [7, 11) is 0. The Morgan fingerprint density at radius 3 is 2.38 bits per heavy atom. The number of nitrogens with two attached hydrogens (primary N) is 1. The Hall–Kier alpha value is -1.55. The van der Waals surface area contributed by atoms with E-state index in [9.17, 15) is 0 Å². The summed E-state index contributed by atoms with van der Waals surface area (Å²) in [5.41, 5.74) is 7.01. The first-order valence-corrected chi connectivity index (χ1v) is 3.98. The second kappa shape index (κ2) is 3.06. The normalized spacial score (nSPS) is 10.2. The molecule has 0 fully saturated rings. The van der Waals surface area contributed by atoms with Crippen molar-refractivity contribution in [2.45, 2.75) is 0 Å². The van der Waals surface area contributed by atoms with E-state index in [4.69, 9.17) is 21.8 Å². The van der Waals surface area contributed by atoms with Crippen molar-refractivity contribution in [2.75, 3.05) is 5.73 Å². The zero-order chi connectivity index (χ0) is 9.26. The molecule has 0 aliphatic carbocycles. The predicted octanol–water partition coefficient (Wildman–Crippen LogP) is 1.97. The Bertz CT molecular complexity index is 410. The molecule has 66 valence electrons. The van der Waals surface area contributed by atoms with Gasteiger partial charge in [0.2, 0.25) is 5.89 Å². The van der Waals surface area contributed by atoms with Crippen molar-refractivity contribution < 1.29 is 4.42 Å². The van der Waals surface area contributed by atoms with Crippen molar-refractivity contribution in [3.05, 3.63) is 29.6 Å². The maximum Gasteiger partial charge on any atom is 0.313 e. The van der Waals surface area contributed by atoms with Gasteiger partial charge in [0.15, 0.2) is 0 Å². The van der Waals surface area contributed by atoms with Crippen molar-refractivity contribution in [2.24, 2.45) is 0 Å². The number of nitrogen functional groups attached to an aromatic ring is 1. The second-order valence-corrected chi connectivity index (χ2v) is 2.81. The standard InChI is InChI=1S/C8H6ClN3O/c9-8-12-11-7(13-8)5-1-3-6(10)4-2-5/h1-4H,10H2. The van der Waals surface area contributed by atoms with Gasteiger partial charge in [-0.25, -0.2) is 0 Å². The molecule has 0 spiro atoms. The van der Waals surface area contributed by atoms with Crippen LogP contribution in [0.15, 0.2) is 28.7 Å². The van der Waals surface area contributed by atoms with Gasteiger partial charge in [0.1, 0.15) is 0 Å². The Labute approximate surface area is 79.3 Å². The van der Waals surface area contributed by atoms with E-state index in [1.54, 1.807) is 24.3 Å². The van der Waals surface area contributed by atoms with Crippen LogP contribution in [0.25, 0.3) is 11.5 Å². The molecule has 2 rings (SSSR count). The van der Waals surface area contributed by atoms with Gasteiger partial charge in [-0.1, -0.05) is 5.10 Å². The molecule has 0 unspecified atom stereocenters. The lowest BCUT2D eigenvalue weighted by Crippen LogP contribution is -1.83. The Balaban J connectivity index is 2.41. The molecule has 0 saturated carbocycles. The third-order valence-corrected chi connectivity index (χ3v) is 1.71. The highest BCUT2D eigenvalue weighted by Crippen LogP contribution is 2.20. The Morgan fingerprint density at radius 2 is 1.85 bits per heavy atom. The van der Waals surface area contributed by atoms with Crippen molar-refractivity contribution >= 4 is 17.3 Å². The molecule has 13 heavy (non-hydrogen) atoms. The van der Waals surface area contributed by atoms with Crippen LogP contribution in [0.1, 0.15) is 0 Å². The molecule has 0 atom stereocenters. The van der Waals surface area contributed by atoms with Gasteiger partial charge in [-0.2, -0.15) is 0 Å². The maximum atomic E-state index is 5.52. The molecule has 2 aromatic rings. The Kier molecular flexibility index (Phi) is 1.90. The second-order valence-electron chi connectivity index (χ2n) is 2.48. The van der Waals surface area contributed by atoms with Gasteiger partial charge in [0.05, 0.1) is 0 Å². The Morgan fingerprint density at radius 1 is 1.15 bits per heavy atom. The monoisotopic (exact) mass is 195 g/mol. The molecule has 1 aromatic carbocycles. The highest BCUT2D eigenvalue weighted by Gasteiger charge is 2.05. The van der Waals surface area contributed by atoms with Crippen molar-refractivity contribution in [3.8, 4) is 11.5 Å². The molecule has 5 heteroatoms. The minimum atomic E-state index is 0.0341. The van der Waals surface area contributed by atoms with Crippen LogP contribution in [-0.4, -0.2) is 10.2 Å². The molecule has 0 amide bonds. The zero-order valence-corrected chi connectivity index (χ0v) is 7.32. The average molecular weight is 196 g/mol. The highest BCUT2D eigenvalue weighted by molar-refractivity contribution is 6.27. The van der Waals surface area contributed by atoms with E-state index < -0.39 is 0 Å². The van der Waals surface area contributed by atoms with Crippen LogP contribution in [0.2, 0.25) is 5.35 Å². The summed E-state index contributed by atoms with van der Waals surface area (Å²) < 4.78 is 5.01. The summed E-state index contributed by atoms with van der Waals surface area (Å²) in [5.74, 6) is 0.394. The molecule has 0 saturated heterocycles. The lowest BCUT2D eigenvalue weighted by molar-refractivity contribution is 0.571. The summed E-state index contributed by atoms with van der Waals surface area (Å²) in [6.07, 6.45) is 0. The minimum absolute atomic E-state index is 0.0341. The molecule has 0 aliphatic heterocycles. The van der Waals surface area contributed by atoms with Crippen molar-refractivity contribution in [1.82, 2.24) is 10.2 Å². The summed E-state index contributed by atoms with van der Waals surface area (Å²) in [4.78, 5) is 0. The van der Waals surface area contributed by atoms with E-state index in [-0.39, 0.29) is 5.35 Å². The van der Waals surface area contributed by atoms with E-state index in [0.717, 1.165) is 5.56 Å². The molecule has 0 radical (unpaired) electrons. The summed E-state index contributed by atoms with van der Waals surface area (Å²) >= 11 is 5.48. The average Bonchev–Trinajstić information content (AvgIpc) is 2.53. The lowest BCUT2D eigenvalue weighted by atomic mass is 10.2. The fourth-order valence-corrected chi connectivity index (χ4v) is 1.06. The quantitative estimate of drug-likeness (QED) is 0.707. The van der Waals surface area contributed by atoms with E-state index in [1.807, 2.05) is 0 Å². The van der Waals surface area contributed by atoms with Crippen LogP contribution in [0, 0.1) is 0 Å². The van der Waals surface area contributed by atoms with Gasteiger partial charge in [-0.3, -0.25) is 0 Å². The van der Waals surface area contributed by atoms with Crippen LogP contribution >= 0.6 is 11.6 Å². The van der Waals surface area contributed by atoms with Gasteiger partial charge in [0.25, 0.3) is 0 Å². The van der Waals surface area contributed by atoms with Crippen molar-refractivity contribution in [3.63, 3.8) is 0 Å². The molecule has 0 aliphatic rings. The fraction of sp³-hybridized carbons (Fsp3) is 0. The maximum absolute atomic E-state index is 5.52. The van der Waals surface area contributed by atoms with E-state index in [2.05, 4.69) is 10.2 Å². The van der Waals surface area contributed by atoms with Gasteiger partial charge >= 0.3 is 5.35 Å². The van der Waals surface area contributed by atoms with Crippen LogP contribution in [0.4, 0.5) is 5.69 Å². The molecule has 0 bridgehead atoms. The van der Waals surface area contributed by atoms with Crippen LogP contribution < -0.4 is 5.73 Å². The SMILES string of the molecule is Nc1ccc(-c2nnc(Cl)o2)cc1. The molecule has 1 aromatic heterocycles. The van der Waals surface area contributed by atoms with Crippen LogP contribution in [0.5, 0.6) is 0 Å². The molecular weight excluding hydrogens is 190 g/mol. The topological polar surface area (TPSA) is 64.9 Å². The number of rotatable bonds is 1. The largest absolute Gasteiger partial charge is 0.407 e. The summed E-state index contributed by atoms with van der Waals surface area (Å²) in [6, 6.07) is 7.10. The first-order valence-electron chi connectivity index (χ1n) is 3.60. The number of aromatic nitrogens is 2. The van der Waals surface area contributed by atoms with E-state index >= 15 is 0 Å². The smallest absolute Gasteiger partial charge is 0.313 e. The number of benzene rings is 1. The summed E-state index contributed by atoms with van der Waals surface area (Å²) in [5, 5.41) is 7.29. The number of anilines is 1. The molecule has 2 N–H and O–H groups in total. The first-order chi connectivity index (χ1) is 6.25. The lowest BCUT2D eigenvalue weighted by Gasteiger charge is -1.94. The van der Waals surface area contributed by atoms with Crippen LogP contribution in [-0.2, 0) is 0 Å². The van der Waals surface area contributed by atoms with E-state index in [0.29, 0.717) is 11.6 Å². The molecular formula is C8H6ClN3O. The number of hydrogen-bond donors (Lipinski definition) is 1. The van der Waals surface area contributed by atoms with Gasteiger partial charge in [0, 0.05) is 11.3 Å². The molecule has 4 nitrogen and oxygen atoms in total.